The molecule has 2 unspecified atom stereocenters. The maximum Gasteiger partial charge on any atom is 0.0201 e. The van der Waals surface area contributed by atoms with Crippen LogP contribution in [-0.4, -0.2) is 0 Å². The zero-order chi connectivity index (χ0) is 26.7. The minimum Gasteiger partial charge on any atom is -0.0955 e. The van der Waals surface area contributed by atoms with Crippen molar-refractivity contribution in [1.82, 2.24) is 0 Å². The van der Waals surface area contributed by atoms with E-state index < -0.39 is 0 Å². The lowest BCUT2D eigenvalue weighted by Gasteiger charge is -2.35. The number of benzene rings is 2. The van der Waals surface area contributed by atoms with E-state index in [0.717, 1.165) is 38.5 Å². The monoisotopic (exact) mass is 488 g/mol. The van der Waals surface area contributed by atoms with Crippen molar-refractivity contribution >= 4 is 11.6 Å². The van der Waals surface area contributed by atoms with E-state index in [1.165, 1.54) is 66.8 Å². The molecule has 192 valence electrons. The molecule has 0 N–H and O–H groups in total. The average molecular weight is 489 g/mol. The van der Waals surface area contributed by atoms with Crippen LogP contribution in [0.25, 0.3) is 11.6 Å². The quantitative estimate of drug-likeness (QED) is 0.329. The highest BCUT2D eigenvalue weighted by Crippen LogP contribution is 2.55. The van der Waals surface area contributed by atoms with E-state index in [9.17, 15) is 0 Å². The van der Waals surface area contributed by atoms with Gasteiger partial charge in [-0.3, -0.25) is 0 Å². The Kier molecular flexibility index (Phi) is 8.38. The minimum absolute atomic E-state index is 0.281. The average Bonchev–Trinajstić information content (AvgIpc) is 3.21. The standard InChI is InChI=1S/C37H44/c1-9-13-25(6)35-26(7)20-34-23-33(21-28-14-16-31(17-15-28)24(5)10-2)27(8)36(34)37(35)32-19-18-29(11-3)30(12-4)22-32/h14-22,36-37H,5-6,8-13,23H2,1-4,7H3/b33-21-. The molecule has 0 heteroatoms. The molecule has 2 aromatic rings. The molecule has 0 heterocycles. The zero-order valence-electron chi connectivity index (χ0n) is 23.7. The largest absolute Gasteiger partial charge is 0.0955 e. The van der Waals surface area contributed by atoms with Gasteiger partial charge in [0.05, 0.1) is 0 Å². The van der Waals surface area contributed by atoms with E-state index in [2.05, 4.69) is 102 Å². The molecule has 4 rings (SSSR count). The first-order valence-corrected chi connectivity index (χ1v) is 14.2. The molecule has 2 aliphatic carbocycles. The summed E-state index contributed by atoms with van der Waals surface area (Å²) in [4.78, 5) is 0. The molecule has 0 nitrogen and oxygen atoms in total. The molecular weight excluding hydrogens is 444 g/mol. The normalized spacial score (nSPS) is 20.3. The van der Waals surface area contributed by atoms with E-state index in [0.29, 0.717) is 5.92 Å². The Labute approximate surface area is 225 Å². The maximum absolute atomic E-state index is 4.72. The van der Waals surface area contributed by atoms with Crippen LogP contribution >= 0.6 is 0 Å². The van der Waals surface area contributed by atoms with Crippen molar-refractivity contribution in [3.63, 3.8) is 0 Å². The van der Waals surface area contributed by atoms with Gasteiger partial charge < -0.3 is 0 Å². The van der Waals surface area contributed by atoms with Gasteiger partial charge in [-0.25, -0.2) is 0 Å². The molecular formula is C37H44. The molecule has 0 saturated heterocycles. The van der Waals surface area contributed by atoms with Crippen LogP contribution in [0.2, 0.25) is 0 Å². The van der Waals surface area contributed by atoms with Crippen LogP contribution in [0.5, 0.6) is 0 Å². The van der Waals surface area contributed by atoms with Crippen LogP contribution in [-0.2, 0) is 12.8 Å². The molecule has 0 spiro atoms. The van der Waals surface area contributed by atoms with Crippen LogP contribution in [0.1, 0.15) is 94.0 Å². The predicted molar refractivity (Wildman–Crippen MR) is 164 cm³/mol. The van der Waals surface area contributed by atoms with Crippen LogP contribution in [0.15, 0.2) is 102 Å². The molecule has 0 bridgehead atoms. The smallest absolute Gasteiger partial charge is 0.0201 e. The van der Waals surface area contributed by atoms with Gasteiger partial charge in [-0.05, 0) is 94.7 Å². The first-order chi connectivity index (χ1) is 17.8. The van der Waals surface area contributed by atoms with E-state index in [-0.39, 0.29) is 5.92 Å². The van der Waals surface area contributed by atoms with Crippen molar-refractivity contribution in [2.24, 2.45) is 5.92 Å². The van der Waals surface area contributed by atoms with Crippen molar-refractivity contribution in [2.45, 2.75) is 79.1 Å². The number of hydrogen-bond donors (Lipinski definition) is 0. The number of aryl methyl sites for hydroxylation is 2. The Morgan fingerprint density at radius 3 is 2.22 bits per heavy atom. The highest BCUT2D eigenvalue weighted by molar-refractivity contribution is 5.69. The van der Waals surface area contributed by atoms with Gasteiger partial charge >= 0.3 is 0 Å². The third-order valence-electron chi connectivity index (χ3n) is 8.42. The summed E-state index contributed by atoms with van der Waals surface area (Å²) in [6.07, 6.45) is 11.0. The number of rotatable bonds is 9. The van der Waals surface area contributed by atoms with Crippen molar-refractivity contribution in [2.75, 3.05) is 0 Å². The third-order valence-corrected chi connectivity index (χ3v) is 8.42. The summed E-state index contributed by atoms with van der Waals surface area (Å²) >= 11 is 0. The SMILES string of the molecule is C=C(CCC)C1=C(C)C=C2C/C(=C/c3ccc(C(=C)CC)cc3)C(=C)C2C1c1ccc(CC)c(CC)c1. The third kappa shape index (κ3) is 5.30. The lowest BCUT2D eigenvalue weighted by Crippen LogP contribution is -2.21. The van der Waals surface area contributed by atoms with Gasteiger partial charge in [0.15, 0.2) is 0 Å². The van der Waals surface area contributed by atoms with Gasteiger partial charge in [-0.15, -0.1) is 0 Å². The van der Waals surface area contributed by atoms with Crippen molar-refractivity contribution in [1.29, 1.82) is 0 Å². The summed E-state index contributed by atoms with van der Waals surface area (Å²) in [5.74, 6) is 0.582. The summed E-state index contributed by atoms with van der Waals surface area (Å²) in [5, 5.41) is 0. The highest BCUT2D eigenvalue weighted by Gasteiger charge is 2.41. The number of allylic oxidation sites excluding steroid dienone is 8. The Morgan fingerprint density at radius 2 is 1.59 bits per heavy atom. The fourth-order valence-electron chi connectivity index (χ4n) is 6.36. The van der Waals surface area contributed by atoms with Crippen LogP contribution in [0, 0.1) is 5.92 Å². The molecule has 0 amide bonds. The Bertz CT molecular complexity index is 1300. The van der Waals surface area contributed by atoms with Gasteiger partial charge in [0.25, 0.3) is 0 Å². The lowest BCUT2D eigenvalue weighted by atomic mass is 9.68. The second kappa shape index (κ2) is 11.5. The minimum atomic E-state index is 0.281. The zero-order valence-corrected chi connectivity index (χ0v) is 23.7. The van der Waals surface area contributed by atoms with Crippen molar-refractivity contribution in [3.05, 3.63) is 130 Å². The molecule has 0 aromatic heterocycles. The van der Waals surface area contributed by atoms with Crippen molar-refractivity contribution in [3.8, 4) is 0 Å². The molecule has 2 atom stereocenters. The molecule has 1 fully saturated rings. The first kappa shape index (κ1) is 26.9. The van der Waals surface area contributed by atoms with Crippen molar-refractivity contribution < 1.29 is 0 Å². The predicted octanol–water partition coefficient (Wildman–Crippen LogP) is 10.6. The van der Waals surface area contributed by atoms with Gasteiger partial charge in [0.1, 0.15) is 0 Å². The van der Waals surface area contributed by atoms with Gasteiger partial charge in [-0.2, -0.15) is 0 Å². The Morgan fingerprint density at radius 1 is 0.892 bits per heavy atom. The Hall–Kier alpha value is -3.12. The molecule has 0 radical (unpaired) electrons. The van der Waals surface area contributed by atoms with Gasteiger partial charge in [-0.1, -0.05) is 120 Å². The van der Waals surface area contributed by atoms with Gasteiger partial charge in [0, 0.05) is 11.8 Å². The fraction of sp³-hybridized carbons (Fsp3) is 0.351. The second-order valence-electron chi connectivity index (χ2n) is 10.8. The topological polar surface area (TPSA) is 0 Å². The lowest BCUT2D eigenvalue weighted by molar-refractivity contribution is 0.618. The summed E-state index contributed by atoms with van der Waals surface area (Å²) in [7, 11) is 0. The fourth-order valence-corrected chi connectivity index (χ4v) is 6.36. The first-order valence-electron chi connectivity index (χ1n) is 14.2. The van der Waals surface area contributed by atoms with E-state index >= 15 is 0 Å². The van der Waals surface area contributed by atoms with E-state index in [4.69, 9.17) is 6.58 Å². The summed E-state index contributed by atoms with van der Waals surface area (Å²) in [6.45, 7) is 24.7. The van der Waals surface area contributed by atoms with Gasteiger partial charge in [0.2, 0.25) is 0 Å². The highest BCUT2D eigenvalue weighted by atomic mass is 14.4. The van der Waals surface area contributed by atoms with E-state index in [1.54, 1.807) is 0 Å². The van der Waals surface area contributed by atoms with Crippen LogP contribution in [0.3, 0.4) is 0 Å². The molecule has 2 aliphatic rings. The summed E-state index contributed by atoms with van der Waals surface area (Å²) in [6, 6.07) is 16.1. The van der Waals surface area contributed by atoms with Crippen LogP contribution in [0.4, 0.5) is 0 Å². The summed E-state index contributed by atoms with van der Waals surface area (Å²) < 4.78 is 0. The molecule has 1 saturated carbocycles. The maximum atomic E-state index is 4.72. The molecule has 0 aliphatic heterocycles. The number of fused-ring (bicyclic) bond motifs is 1. The molecule has 2 aromatic carbocycles. The second-order valence-corrected chi connectivity index (χ2v) is 10.8. The summed E-state index contributed by atoms with van der Waals surface area (Å²) in [5.41, 5.74) is 16.2. The van der Waals surface area contributed by atoms with E-state index in [1.807, 2.05) is 0 Å². The number of hydrogen-bond acceptors (Lipinski definition) is 0. The van der Waals surface area contributed by atoms with Crippen LogP contribution < -0.4 is 0 Å². The molecule has 37 heavy (non-hydrogen) atoms. The Balaban J connectivity index is 1.77.